The molecule has 0 saturated carbocycles. The first-order valence-electron chi connectivity index (χ1n) is 5.91. The van der Waals surface area contributed by atoms with Crippen molar-refractivity contribution in [1.82, 2.24) is 18.9 Å². The van der Waals surface area contributed by atoms with Crippen molar-refractivity contribution in [2.45, 2.75) is 6.42 Å². The molecule has 0 bridgehead atoms. The first-order chi connectivity index (χ1) is 9.05. The van der Waals surface area contributed by atoms with Gasteiger partial charge in [0.1, 0.15) is 0 Å². The van der Waals surface area contributed by atoms with E-state index in [-0.39, 0.29) is 0 Å². The third-order valence-electron chi connectivity index (χ3n) is 3.25. The Morgan fingerprint density at radius 1 is 1.37 bits per heavy atom. The van der Waals surface area contributed by atoms with Gasteiger partial charge in [0.2, 0.25) is 16.4 Å². The van der Waals surface area contributed by atoms with Crippen LogP contribution in [0.5, 0.6) is 0 Å². The van der Waals surface area contributed by atoms with E-state index >= 15 is 0 Å². The molecule has 0 amide bonds. The third kappa shape index (κ3) is 2.26. The number of rotatable bonds is 2. The van der Waals surface area contributed by atoms with Gasteiger partial charge in [-0.05, 0) is 24.1 Å². The molecule has 0 N–H and O–H groups in total. The number of hydrogen-bond acceptors (Lipinski definition) is 4. The highest BCUT2D eigenvalue weighted by atomic mass is 32.2. The minimum atomic E-state index is -3.11. The SMILES string of the molecule is CS(=O)(=O)N1CC=C(c2ccc3cn[c]nn23)CC1. The molecule has 3 rings (SSSR count). The topological polar surface area (TPSA) is 67.6 Å². The van der Waals surface area contributed by atoms with Crippen LogP contribution in [0.1, 0.15) is 12.1 Å². The molecule has 0 saturated heterocycles. The van der Waals surface area contributed by atoms with Crippen molar-refractivity contribution in [2.24, 2.45) is 0 Å². The predicted octanol–water partition coefficient (Wildman–Crippen LogP) is 0.578. The lowest BCUT2D eigenvalue weighted by Crippen LogP contribution is -2.33. The lowest BCUT2D eigenvalue weighted by Gasteiger charge is -2.23. The standard InChI is InChI=1S/C12H13N4O2S/c1-19(17,18)15-6-4-10(5-7-15)12-3-2-11-8-13-9-14-16(11)12/h2-4,8H,5-7H2,1H3. The van der Waals surface area contributed by atoms with E-state index in [4.69, 9.17) is 0 Å². The molecule has 3 heterocycles. The van der Waals surface area contributed by atoms with Crippen LogP contribution in [0.2, 0.25) is 0 Å². The van der Waals surface area contributed by atoms with Crippen LogP contribution in [-0.2, 0) is 10.0 Å². The molecule has 0 atom stereocenters. The van der Waals surface area contributed by atoms with Crippen molar-refractivity contribution in [3.63, 3.8) is 0 Å². The van der Waals surface area contributed by atoms with Crippen molar-refractivity contribution >= 4 is 21.1 Å². The van der Waals surface area contributed by atoms with Gasteiger partial charge >= 0.3 is 0 Å². The average molecular weight is 277 g/mol. The monoisotopic (exact) mass is 277 g/mol. The van der Waals surface area contributed by atoms with Gasteiger partial charge < -0.3 is 0 Å². The maximum Gasteiger partial charge on any atom is 0.219 e. The largest absolute Gasteiger partial charge is 0.230 e. The van der Waals surface area contributed by atoms with Crippen molar-refractivity contribution in [2.75, 3.05) is 19.3 Å². The molecule has 1 aliphatic heterocycles. The molecule has 0 fully saturated rings. The summed E-state index contributed by atoms with van der Waals surface area (Å²) in [7, 11) is -3.11. The van der Waals surface area contributed by atoms with Crippen LogP contribution in [0, 0.1) is 6.33 Å². The number of aromatic nitrogens is 3. The molecule has 7 heteroatoms. The second-order valence-electron chi connectivity index (χ2n) is 4.51. The van der Waals surface area contributed by atoms with Crippen LogP contribution < -0.4 is 0 Å². The Kier molecular flexibility index (Phi) is 2.87. The molecule has 1 radical (unpaired) electrons. The molecule has 0 spiro atoms. The Morgan fingerprint density at radius 3 is 2.89 bits per heavy atom. The molecule has 1 aliphatic rings. The Balaban J connectivity index is 1.94. The summed E-state index contributed by atoms with van der Waals surface area (Å²) in [4.78, 5) is 3.85. The van der Waals surface area contributed by atoms with E-state index in [0.717, 1.165) is 16.8 Å². The Morgan fingerprint density at radius 2 is 2.21 bits per heavy atom. The zero-order valence-corrected chi connectivity index (χ0v) is 11.3. The fraction of sp³-hybridized carbons (Fsp3) is 0.333. The van der Waals surface area contributed by atoms with Crippen molar-refractivity contribution in [1.29, 1.82) is 0 Å². The quantitative estimate of drug-likeness (QED) is 0.805. The highest BCUT2D eigenvalue weighted by Gasteiger charge is 2.21. The summed E-state index contributed by atoms with van der Waals surface area (Å²) >= 11 is 0. The van der Waals surface area contributed by atoms with E-state index in [1.165, 1.54) is 10.6 Å². The van der Waals surface area contributed by atoms with Gasteiger partial charge in [0.05, 0.1) is 23.7 Å². The van der Waals surface area contributed by atoms with Crippen LogP contribution >= 0.6 is 0 Å². The van der Waals surface area contributed by atoms with E-state index in [9.17, 15) is 8.42 Å². The van der Waals surface area contributed by atoms with Crippen LogP contribution in [0.25, 0.3) is 11.1 Å². The van der Waals surface area contributed by atoms with Crippen LogP contribution in [0.15, 0.2) is 24.4 Å². The van der Waals surface area contributed by atoms with E-state index in [1.54, 1.807) is 10.7 Å². The second-order valence-corrected chi connectivity index (χ2v) is 6.50. The minimum absolute atomic E-state index is 0.413. The van der Waals surface area contributed by atoms with Crippen molar-refractivity contribution in [3.8, 4) is 0 Å². The fourth-order valence-electron chi connectivity index (χ4n) is 2.25. The summed E-state index contributed by atoms with van der Waals surface area (Å²) in [5.74, 6) is 0. The zero-order valence-electron chi connectivity index (χ0n) is 10.4. The summed E-state index contributed by atoms with van der Waals surface area (Å²) in [6.45, 7) is 0.920. The number of fused-ring (bicyclic) bond motifs is 1. The lowest BCUT2D eigenvalue weighted by atomic mass is 10.1. The summed E-state index contributed by atoms with van der Waals surface area (Å²) in [5, 5.41) is 4.09. The molecule has 2 aromatic heterocycles. The van der Waals surface area contributed by atoms with Gasteiger partial charge in [0.25, 0.3) is 0 Å². The second kappa shape index (κ2) is 4.43. The molecule has 99 valence electrons. The van der Waals surface area contributed by atoms with Crippen molar-refractivity contribution in [3.05, 3.63) is 36.4 Å². The fourth-order valence-corrected chi connectivity index (χ4v) is 3.02. The smallest absolute Gasteiger partial charge is 0.219 e. The molecule has 0 aliphatic carbocycles. The van der Waals surface area contributed by atoms with Gasteiger partial charge in [0.15, 0.2) is 0 Å². The van der Waals surface area contributed by atoms with Gasteiger partial charge in [-0.15, -0.1) is 5.10 Å². The summed E-state index contributed by atoms with van der Waals surface area (Å²) in [6, 6.07) is 3.91. The summed E-state index contributed by atoms with van der Waals surface area (Å²) in [6.07, 6.45) is 8.12. The minimum Gasteiger partial charge on any atom is -0.230 e. The molecule has 19 heavy (non-hydrogen) atoms. The summed E-state index contributed by atoms with van der Waals surface area (Å²) < 4.78 is 26.2. The molecular formula is C12H13N4O2S. The van der Waals surface area contributed by atoms with E-state index in [1.807, 2.05) is 18.2 Å². The Hall–Kier alpha value is -1.73. The molecule has 6 nitrogen and oxygen atoms in total. The lowest BCUT2D eigenvalue weighted by molar-refractivity contribution is 0.445. The van der Waals surface area contributed by atoms with Crippen LogP contribution in [0.4, 0.5) is 0 Å². The average Bonchev–Trinajstić information content (AvgIpc) is 2.82. The van der Waals surface area contributed by atoms with Crippen molar-refractivity contribution < 1.29 is 8.42 Å². The molecule has 0 unspecified atom stereocenters. The Labute approximate surface area is 111 Å². The molecular weight excluding hydrogens is 264 g/mol. The maximum atomic E-state index is 11.5. The van der Waals surface area contributed by atoms with Gasteiger partial charge in [0, 0.05) is 13.1 Å². The van der Waals surface area contributed by atoms with Gasteiger partial charge in [-0.1, -0.05) is 6.08 Å². The van der Waals surface area contributed by atoms with E-state index < -0.39 is 10.0 Å². The predicted molar refractivity (Wildman–Crippen MR) is 70.8 cm³/mol. The van der Waals surface area contributed by atoms with Gasteiger partial charge in [-0.25, -0.2) is 17.9 Å². The number of sulfonamides is 1. The maximum absolute atomic E-state index is 11.5. The molecule has 0 aromatic carbocycles. The third-order valence-corrected chi connectivity index (χ3v) is 4.52. The highest BCUT2D eigenvalue weighted by molar-refractivity contribution is 7.88. The van der Waals surface area contributed by atoms with Crippen LogP contribution in [0.3, 0.4) is 0 Å². The van der Waals surface area contributed by atoms with E-state index in [2.05, 4.69) is 16.4 Å². The first-order valence-corrected chi connectivity index (χ1v) is 7.76. The Bertz CT molecular complexity index is 748. The summed E-state index contributed by atoms with van der Waals surface area (Å²) in [5.41, 5.74) is 2.98. The highest BCUT2D eigenvalue weighted by Crippen LogP contribution is 2.24. The van der Waals surface area contributed by atoms with Gasteiger partial charge in [-0.2, -0.15) is 4.31 Å². The number of hydrogen-bond donors (Lipinski definition) is 0. The zero-order chi connectivity index (χ0) is 13.5. The van der Waals surface area contributed by atoms with E-state index in [0.29, 0.717) is 19.5 Å². The normalized spacial score (nSPS) is 17.6. The van der Waals surface area contributed by atoms with Crippen LogP contribution in [-0.4, -0.2) is 46.7 Å². The first kappa shape index (κ1) is 12.3. The number of nitrogens with zero attached hydrogens (tertiary/aromatic N) is 4. The molecule has 2 aromatic rings. The van der Waals surface area contributed by atoms with Gasteiger partial charge in [-0.3, -0.25) is 0 Å².